The molecule has 0 aliphatic carbocycles. The Morgan fingerprint density at radius 2 is 1.58 bits per heavy atom. The van der Waals surface area contributed by atoms with Gasteiger partial charge in [0.15, 0.2) is 17.3 Å². The monoisotopic (exact) mass is 340 g/mol. The first-order valence-corrected chi connectivity index (χ1v) is 7.82. The van der Waals surface area contributed by atoms with E-state index < -0.39 is 0 Å². The second-order valence-corrected chi connectivity index (χ2v) is 5.70. The molecular weight excluding hydrogens is 324 g/mol. The van der Waals surface area contributed by atoms with Crippen LogP contribution < -0.4 is 9.47 Å². The van der Waals surface area contributed by atoms with Crippen molar-refractivity contribution < 1.29 is 9.47 Å². The molecular formula is C19H17ClN2O2. The zero-order valence-corrected chi connectivity index (χ0v) is 14.5. The van der Waals surface area contributed by atoms with Gasteiger partial charge in [-0.1, -0.05) is 47.5 Å². The number of halogens is 1. The van der Waals surface area contributed by atoms with Crippen LogP contribution in [0.2, 0.25) is 5.15 Å². The minimum atomic E-state index is 0.379. The van der Waals surface area contributed by atoms with Crippen molar-refractivity contribution in [3.63, 3.8) is 0 Å². The maximum atomic E-state index is 6.31. The highest BCUT2D eigenvalue weighted by molar-refractivity contribution is 6.34. The summed E-state index contributed by atoms with van der Waals surface area (Å²) in [5.74, 6) is 1.74. The fourth-order valence-corrected chi connectivity index (χ4v) is 2.60. The van der Waals surface area contributed by atoms with Crippen molar-refractivity contribution in [2.24, 2.45) is 0 Å². The molecule has 0 aliphatic rings. The molecule has 0 spiro atoms. The van der Waals surface area contributed by atoms with Crippen molar-refractivity contribution in [1.82, 2.24) is 9.97 Å². The highest BCUT2D eigenvalue weighted by Crippen LogP contribution is 2.33. The maximum absolute atomic E-state index is 6.31. The van der Waals surface area contributed by atoms with Gasteiger partial charge >= 0.3 is 0 Å². The van der Waals surface area contributed by atoms with Crippen LogP contribution in [0, 0.1) is 6.92 Å². The molecule has 0 saturated heterocycles. The minimum absolute atomic E-state index is 0.379. The van der Waals surface area contributed by atoms with Gasteiger partial charge in [0.1, 0.15) is 5.15 Å². The summed E-state index contributed by atoms with van der Waals surface area (Å²) in [6.07, 6.45) is 3.80. The van der Waals surface area contributed by atoms with Crippen molar-refractivity contribution in [3.05, 3.63) is 58.5 Å². The van der Waals surface area contributed by atoms with Crippen molar-refractivity contribution >= 4 is 34.7 Å². The molecule has 3 aromatic rings. The van der Waals surface area contributed by atoms with Crippen molar-refractivity contribution in [2.45, 2.75) is 6.92 Å². The van der Waals surface area contributed by atoms with Gasteiger partial charge in [0.25, 0.3) is 0 Å². The highest BCUT2D eigenvalue weighted by atomic mass is 35.5. The van der Waals surface area contributed by atoms with Gasteiger partial charge < -0.3 is 9.47 Å². The van der Waals surface area contributed by atoms with E-state index in [0.29, 0.717) is 28.0 Å². The van der Waals surface area contributed by atoms with Crippen LogP contribution in [0.4, 0.5) is 0 Å². The zero-order valence-electron chi connectivity index (χ0n) is 13.7. The molecule has 3 rings (SSSR count). The molecule has 0 saturated carbocycles. The third-order valence-corrected chi connectivity index (χ3v) is 3.96. The average molecular weight is 341 g/mol. The number of hydrogen-bond acceptors (Lipinski definition) is 4. The zero-order chi connectivity index (χ0) is 17.1. The van der Waals surface area contributed by atoms with Crippen LogP contribution in [-0.2, 0) is 0 Å². The summed E-state index contributed by atoms with van der Waals surface area (Å²) in [6, 6.07) is 11.8. The number of aromatic nitrogens is 2. The van der Waals surface area contributed by atoms with Crippen LogP contribution in [0.5, 0.6) is 11.5 Å². The fraction of sp³-hybridized carbons (Fsp3) is 0.158. The first-order valence-electron chi connectivity index (χ1n) is 7.44. The van der Waals surface area contributed by atoms with Crippen LogP contribution in [0.1, 0.15) is 17.0 Å². The van der Waals surface area contributed by atoms with E-state index in [1.54, 1.807) is 26.4 Å². The van der Waals surface area contributed by atoms with Crippen LogP contribution >= 0.6 is 11.6 Å². The molecule has 1 heterocycles. The number of methoxy groups -OCH3 is 2. The van der Waals surface area contributed by atoms with Gasteiger partial charge in [-0.2, -0.15) is 0 Å². The molecule has 0 fully saturated rings. The summed E-state index contributed by atoms with van der Waals surface area (Å²) in [5, 5.41) is 1.10. The molecule has 2 aromatic carbocycles. The summed E-state index contributed by atoms with van der Waals surface area (Å²) in [5.41, 5.74) is 3.00. The van der Waals surface area contributed by atoms with Gasteiger partial charge in [0, 0.05) is 11.5 Å². The second-order valence-electron chi connectivity index (χ2n) is 5.34. The Morgan fingerprint density at radius 3 is 2.25 bits per heavy atom. The van der Waals surface area contributed by atoms with Crippen molar-refractivity contribution in [3.8, 4) is 11.5 Å². The molecule has 4 nitrogen and oxygen atoms in total. The van der Waals surface area contributed by atoms with Crippen LogP contribution in [0.25, 0.3) is 23.1 Å². The number of rotatable bonds is 4. The first-order chi connectivity index (χ1) is 11.6. The fourth-order valence-electron chi connectivity index (χ4n) is 2.36. The Hall–Kier alpha value is -2.59. The van der Waals surface area contributed by atoms with E-state index in [0.717, 1.165) is 10.9 Å². The Morgan fingerprint density at radius 1 is 0.917 bits per heavy atom. The van der Waals surface area contributed by atoms with E-state index >= 15 is 0 Å². The van der Waals surface area contributed by atoms with E-state index in [-0.39, 0.29) is 0 Å². The van der Waals surface area contributed by atoms with Gasteiger partial charge in [-0.25, -0.2) is 9.97 Å². The molecule has 1 aromatic heterocycles. The lowest BCUT2D eigenvalue weighted by molar-refractivity contribution is 0.356. The number of benzene rings is 2. The molecule has 0 amide bonds. The Balaban J connectivity index is 2.01. The maximum Gasteiger partial charge on any atom is 0.162 e. The smallest absolute Gasteiger partial charge is 0.162 e. The molecule has 0 atom stereocenters. The van der Waals surface area contributed by atoms with E-state index in [4.69, 9.17) is 21.1 Å². The Kier molecular flexibility index (Phi) is 4.67. The normalized spacial score (nSPS) is 11.2. The SMILES string of the molecule is COc1cc2nc(/C=C/c3ccc(C)cc3)nc(Cl)c2cc1OC. The molecule has 24 heavy (non-hydrogen) atoms. The van der Waals surface area contributed by atoms with Crippen LogP contribution in [0.15, 0.2) is 36.4 Å². The lowest BCUT2D eigenvalue weighted by Gasteiger charge is -2.09. The largest absolute Gasteiger partial charge is 0.493 e. The van der Waals surface area contributed by atoms with Crippen LogP contribution in [-0.4, -0.2) is 24.2 Å². The first kappa shape index (κ1) is 16.3. The molecule has 5 heteroatoms. The van der Waals surface area contributed by atoms with Gasteiger partial charge in [0.2, 0.25) is 0 Å². The standard InChI is InChI=1S/C19H17ClN2O2/c1-12-4-6-13(7-5-12)8-9-18-21-15-11-17(24-3)16(23-2)10-14(15)19(20)22-18/h4-11H,1-3H3/b9-8+. The average Bonchev–Trinajstić information content (AvgIpc) is 2.60. The van der Waals surface area contributed by atoms with Gasteiger partial charge in [0.05, 0.1) is 19.7 Å². The van der Waals surface area contributed by atoms with Gasteiger partial charge in [-0.15, -0.1) is 0 Å². The van der Waals surface area contributed by atoms with E-state index in [2.05, 4.69) is 29.0 Å². The Bertz CT molecular complexity index is 905. The quantitative estimate of drug-likeness (QED) is 0.641. The number of aryl methyl sites for hydroxylation is 1. The molecule has 122 valence electrons. The highest BCUT2D eigenvalue weighted by Gasteiger charge is 2.11. The lowest BCUT2D eigenvalue weighted by atomic mass is 10.1. The topological polar surface area (TPSA) is 44.2 Å². The van der Waals surface area contributed by atoms with Gasteiger partial charge in [-0.05, 0) is 24.6 Å². The third-order valence-electron chi connectivity index (χ3n) is 3.67. The number of nitrogens with zero attached hydrogens (tertiary/aromatic N) is 2. The summed E-state index contributed by atoms with van der Waals surface area (Å²) in [7, 11) is 3.17. The van der Waals surface area contributed by atoms with Crippen LogP contribution in [0.3, 0.4) is 0 Å². The second kappa shape index (κ2) is 6.89. The van der Waals surface area contributed by atoms with Gasteiger partial charge in [-0.3, -0.25) is 0 Å². The summed E-state index contributed by atoms with van der Waals surface area (Å²) in [6.45, 7) is 2.06. The van der Waals surface area contributed by atoms with E-state index in [9.17, 15) is 0 Å². The van der Waals surface area contributed by atoms with E-state index in [1.807, 2.05) is 24.3 Å². The summed E-state index contributed by atoms with van der Waals surface area (Å²) < 4.78 is 10.6. The molecule has 0 radical (unpaired) electrons. The Labute approximate surface area is 145 Å². The summed E-state index contributed by atoms with van der Waals surface area (Å²) >= 11 is 6.31. The minimum Gasteiger partial charge on any atom is -0.493 e. The van der Waals surface area contributed by atoms with E-state index in [1.165, 1.54) is 5.56 Å². The number of ether oxygens (including phenoxy) is 2. The van der Waals surface area contributed by atoms with Crippen molar-refractivity contribution in [1.29, 1.82) is 0 Å². The molecule has 0 unspecified atom stereocenters. The summed E-state index contributed by atoms with van der Waals surface area (Å²) in [4.78, 5) is 8.87. The molecule has 0 N–H and O–H groups in total. The molecule has 0 bridgehead atoms. The predicted molar refractivity (Wildman–Crippen MR) is 97.8 cm³/mol. The predicted octanol–water partition coefficient (Wildman–Crippen LogP) is 4.78. The third kappa shape index (κ3) is 3.34. The lowest BCUT2D eigenvalue weighted by Crippen LogP contribution is -1.95. The number of fused-ring (bicyclic) bond motifs is 1. The van der Waals surface area contributed by atoms with Crippen molar-refractivity contribution in [2.75, 3.05) is 14.2 Å². The molecule has 0 aliphatic heterocycles. The number of hydrogen-bond donors (Lipinski definition) is 0.